The summed E-state index contributed by atoms with van der Waals surface area (Å²) in [6, 6.07) is 0. The maximum Gasteiger partial charge on any atom is 0.00579 e. The third-order valence-electron chi connectivity index (χ3n) is 1.86. The molecule has 0 bridgehead atoms. The molecule has 0 atom stereocenters. The third-order valence-corrected chi connectivity index (χ3v) is 2.88. The lowest BCUT2D eigenvalue weighted by Crippen LogP contribution is -2.09. The Morgan fingerprint density at radius 2 is 2.20 bits per heavy atom. The van der Waals surface area contributed by atoms with Gasteiger partial charge in [0.2, 0.25) is 0 Å². The minimum Gasteiger partial charge on any atom is -0.319 e. The third kappa shape index (κ3) is 4.18. The van der Waals surface area contributed by atoms with Crippen LogP contribution in [0.3, 0.4) is 0 Å². The topological polar surface area (TPSA) is 12.0 Å². The summed E-state index contributed by atoms with van der Waals surface area (Å²) in [4.78, 5) is 0. The monoisotopic (exact) mass is 159 g/mol. The summed E-state index contributed by atoms with van der Waals surface area (Å²) in [6.07, 6.45) is 4.48. The summed E-state index contributed by atoms with van der Waals surface area (Å²) in [5.74, 6) is 3.78. The van der Waals surface area contributed by atoms with Gasteiger partial charge in [-0.15, -0.1) is 0 Å². The van der Waals surface area contributed by atoms with E-state index in [0.717, 1.165) is 12.5 Å². The Balaban J connectivity index is 1.68. The highest BCUT2D eigenvalue weighted by molar-refractivity contribution is 7.99. The molecule has 0 aromatic carbocycles. The van der Waals surface area contributed by atoms with Crippen molar-refractivity contribution in [3.05, 3.63) is 0 Å². The molecule has 1 rings (SSSR count). The largest absolute Gasteiger partial charge is 0.319 e. The van der Waals surface area contributed by atoms with E-state index in [1.807, 2.05) is 7.05 Å². The molecule has 0 spiro atoms. The van der Waals surface area contributed by atoms with Crippen LogP contribution in [0.15, 0.2) is 0 Å². The van der Waals surface area contributed by atoms with Crippen molar-refractivity contribution in [1.29, 1.82) is 0 Å². The van der Waals surface area contributed by atoms with E-state index < -0.39 is 0 Å². The van der Waals surface area contributed by atoms with E-state index >= 15 is 0 Å². The van der Waals surface area contributed by atoms with Crippen molar-refractivity contribution in [3.63, 3.8) is 0 Å². The fourth-order valence-electron chi connectivity index (χ4n) is 0.933. The van der Waals surface area contributed by atoms with Crippen LogP contribution in [0.4, 0.5) is 0 Å². The molecule has 0 aliphatic heterocycles. The molecule has 0 saturated heterocycles. The SMILES string of the molecule is CNCCSCCC1CC1. The first-order chi connectivity index (χ1) is 4.93. The minimum absolute atomic E-state index is 1.11. The Kier molecular flexibility index (Phi) is 4.23. The molecule has 2 heteroatoms. The lowest BCUT2D eigenvalue weighted by atomic mass is 10.3. The Morgan fingerprint density at radius 3 is 2.80 bits per heavy atom. The van der Waals surface area contributed by atoms with Crippen LogP contribution in [0.2, 0.25) is 0 Å². The molecule has 0 aromatic heterocycles. The van der Waals surface area contributed by atoms with E-state index in [-0.39, 0.29) is 0 Å². The highest BCUT2D eigenvalue weighted by atomic mass is 32.2. The molecular formula is C8H17NS. The Labute approximate surface area is 68.0 Å². The van der Waals surface area contributed by atoms with Gasteiger partial charge in [-0.25, -0.2) is 0 Å². The quantitative estimate of drug-likeness (QED) is 0.592. The molecule has 0 unspecified atom stereocenters. The van der Waals surface area contributed by atoms with Crippen LogP contribution >= 0.6 is 11.8 Å². The van der Waals surface area contributed by atoms with Gasteiger partial charge < -0.3 is 5.32 Å². The first-order valence-electron chi connectivity index (χ1n) is 4.16. The van der Waals surface area contributed by atoms with Gasteiger partial charge in [-0.1, -0.05) is 12.8 Å². The Hall–Kier alpha value is 0.310. The summed E-state index contributed by atoms with van der Waals surface area (Å²) in [6.45, 7) is 1.16. The summed E-state index contributed by atoms with van der Waals surface area (Å²) in [7, 11) is 2.02. The zero-order valence-corrected chi connectivity index (χ0v) is 7.54. The van der Waals surface area contributed by atoms with Crippen LogP contribution in [0.1, 0.15) is 19.3 Å². The smallest absolute Gasteiger partial charge is 0.00579 e. The molecule has 0 aromatic rings. The lowest BCUT2D eigenvalue weighted by Gasteiger charge is -1.98. The molecular weight excluding hydrogens is 142 g/mol. The van der Waals surface area contributed by atoms with Crippen molar-refractivity contribution in [3.8, 4) is 0 Å². The second-order valence-corrected chi connectivity index (χ2v) is 4.17. The molecule has 1 nitrogen and oxygen atoms in total. The zero-order chi connectivity index (χ0) is 7.23. The maximum atomic E-state index is 3.15. The predicted octanol–water partition coefficient (Wildman–Crippen LogP) is 1.74. The molecule has 1 aliphatic carbocycles. The van der Waals surface area contributed by atoms with Crippen LogP contribution in [-0.2, 0) is 0 Å². The molecule has 60 valence electrons. The standard InChI is InChI=1S/C8H17NS/c1-9-5-7-10-6-4-8-2-3-8/h8-9H,2-7H2,1H3. The first kappa shape index (κ1) is 8.41. The molecule has 0 amide bonds. The van der Waals surface area contributed by atoms with Gasteiger partial charge >= 0.3 is 0 Å². The van der Waals surface area contributed by atoms with Crippen LogP contribution < -0.4 is 5.32 Å². The second-order valence-electron chi connectivity index (χ2n) is 2.95. The average Bonchev–Trinajstić information content (AvgIpc) is 2.71. The van der Waals surface area contributed by atoms with Crippen molar-refractivity contribution in [2.75, 3.05) is 25.1 Å². The van der Waals surface area contributed by atoms with Crippen LogP contribution in [0, 0.1) is 5.92 Å². The molecule has 0 heterocycles. The second kappa shape index (κ2) is 5.03. The highest BCUT2D eigenvalue weighted by Crippen LogP contribution is 2.33. The van der Waals surface area contributed by atoms with E-state index in [1.165, 1.54) is 30.8 Å². The molecule has 10 heavy (non-hydrogen) atoms. The van der Waals surface area contributed by atoms with Crippen molar-refractivity contribution in [1.82, 2.24) is 5.32 Å². The Bertz CT molecular complexity index is 81.3. The van der Waals surface area contributed by atoms with E-state index in [1.54, 1.807) is 0 Å². The van der Waals surface area contributed by atoms with E-state index in [0.29, 0.717) is 0 Å². The van der Waals surface area contributed by atoms with Gasteiger partial charge in [0.25, 0.3) is 0 Å². The average molecular weight is 159 g/mol. The highest BCUT2D eigenvalue weighted by Gasteiger charge is 2.19. The van der Waals surface area contributed by atoms with Gasteiger partial charge in [-0.05, 0) is 25.1 Å². The summed E-state index contributed by atoms with van der Waals surface area (Å²) in [5, 5.41) is 3.15. The molecule has 1 fully saturated rings. The normalized spacial score (nSPS) is 17.7. The lowest BCUT2D eigenvalue weighted by molar-refractivity contribution is 0.806. The first-order valence-corrected chi connectivity index (χ1v) is 5.31. The van der Waals surface area contributed by atoms with Crippen molar-refractivity contribution < 1.29 is 0 Å². The van der Waals surface area contributed by atoms with Crippen LogP contribution in [-0.4, -0.2) is 25.1 Å². The molecule has 1 aliphatic rings. The van der Waals surface area contributed by atoms with Crippen molar-refractivity contribution >= 4 is 11.8 Å². The van der Waals surface area contributed by atoms with Crippen molar-refractivity contribution in [2.24, 2.45) is 5.92 Å². The van der Waals surface area contributed by atoms with E-state index in [9.17, 15) is 0 Å². The predicted molar refractivity (Wildman–Crippen MR) is 48.6 cm³/mol. The molecule has 1 saturated carbocycles. The minimum atomic E-state index is 1.11. The number of hydrogen-bond acceptors (Lipinski definition) is 2. The van der Waals surface area contributed by atoms with E-state index in [4.69, 9.17) is 0 Å². The van der Waals surface area contributed by atoms with Gasteiger partial charge in [-0.3, -0.25) is 0 Å². The van der Waals surface area contributed by atoms with Gasteiger partial charge in [0.15, 0.2) is 0 Å². The summed E-state index contributed by atoms with van der Waals surface area (Å²) < 4.78 is 0. The number of rotatable bonds is 6. The van der Waals surface area contributed by atoms with Gasteiger partial charge in [0, 0.05) is 12.3 Å². The maximum absolute atomic E-state index is 3.15. The van der Waals surface area contributed by atoms with E-state index in [2.05, 4.69) is 17.1 Å². The fourth-order valence-corrected chi connectivity index (χ4v) is 1.99. The van der Waals surface area contributed by atoms with Crippen molar-refractivity contribution in [2.45, 2.75) is 19.3 Å². The van der Waals surface area contributed by atoms with Gasteiger partial charge in [0.05, 0.1) is 0 Å². The fraction of sp³-hybridized carbons (Fsp3) is 1.00. The summed E-state index contributed by atoms with van der Waals surface area (Å²) in [5.41, 5.74) is 0. The van der Waals surface area contributed by atoms with Crippen LogP contribution in [0.25, 0.3) is 0 Å². The number of hydrogen-bond donors (Lipinski definition) is 1. The summed E-state index contributed by atoms with van der Waals surface area (Å²) >= 11 is 2.08. The van der Waals surface area contributed by atoms with Gasteiger partial charge in [-0.2, -0.15) is 11.8 Å². The number of thioether (sulfide) groups is 1. The number of nitrogens with one attached hydrogen (secondary N) is 1. The van der Waals surface area contributed by atoms with Gasteiger partial charge in [0.1, 0.15) is 0 Å². The molecule has 1 N–H and O–H groups in total. The Morgan fingerprint density at radius 1 is 1.40 bits per heavy atom. The molecule has 0 radical (unpaired) electrons. The zero-order valence-electron chi connectivity index (χ0n) is 6.73. The van der Waals surface area contributed by atoms with Crippen LogP contribution in [0.5, 0.6) is 0 Å².